The van der Waals surface area contributed by atoms with Gasteiger partial charge < -0.3 is 15.8 Å². The number of carbonyl (C=O) groups is 1. The molecule has 8 nitrogen and oxygen atoms in total. The zero-order chi connectivity index (χ0) is 24.8. The van der Waals surface area contributed by atoms with Crippen LogP contribution >= 0.6 is 10.6 Å². The first-order chi connectivity index (χ1) is 15.2. The van der Waals surface area contributed by atoms with E-state index in [1.165, 1.54) is 32.0 Å². The minimum absolute atomic E-state index is 0.0176. The number of hydrogen-bond donors (Lipinski definition) is 4. The third kappa shape index (κ3) is 4.77. The fourth-order valence-electron chi connectivity index (χ4n) is 3.47. The van der Waals surface area contributed by atoms with E-state index >= 15 is 0 Å². The van der Waals surface area contributed by atoms with Crippen LogP contribution in [-0.2, 0) is 5.54 Å². The van der Waals surface area contributed by atoms with Gasteiger partial charge in [-0.15, -0.1) is 0 Å². The standard InChI is InChI=1S/C21H25F3N4O4S/c1-11-7-13(32-19(23)24)9-26-16(11)17(29)27-12-5-6-15(22)14(8-12)21(4)10-33(30,31)20(2,3)18(25)28-21/h5-9,19,30-31H,10H2,1-4H3,(H2,25,28)(H,27,29). The molecule has 12 heteroatoms. The number of rotatable bonds is 5. The average molecular weight is 487 g/mol. The van der Waals surface area contributed by atoms with Gasteiger partial charge in [0.2, 0.25) is 0 Å². The molecule has 0 saturated carbocycles. The lowest BCUT2D eigenvalue weighted by atomic mass is 9.92. The minimum Gasteiger partial charge on any atom is -0.433 e. The Morgan fingerprint density at radius 1 is 1.27 bits per heavy atom. The number of anilines is 1. The van der Waals surface area contributed by atoms with Crippen molar-refractivity contribution in [1.82, 2.24) is 4.98 Å². The number of nitrogens with zero attached hydrogens (tertiary/aromatic N) is 2. The maximum absolute atomic E-state index is 14.8. The van der Waals surface area contributed by atoms with Gasteiger partial charge in [-0.3, -0.25) is 18.9 Å². The van der Waals surface area contributed by atoms with Crippen molar-refractivity contribution < 1.29 is 31.8 Å². The summed E-state index contributed by atoms with van der Waals surface area (Å²) in [5, 5.41) is 2.58. The van der Waals surface area contributed by atoms with Crippen molar-refractivity contribution in [2.45, 2.75) is 44.6 Å². The summed E-state index contributed by atoms with van der Waals surface area (Å²) in [7, 11) is -3.27. The molecule has 5 N–H and O–H groups in total. The summed E-state index contributed by atoms with van der Waals surface area (Å²) in [6, 6.07) is 5.02. The third-order valence-corrected chi connectivity index (χ3v) is 8.39. The molecule has 0 fully saturated rings. The largest absolute Gasteiger partial charge is 0.433 e. The number of nitrogens with two attached hydrogens (primary N) is 1. The molecule has 1 atom stereocenters. The smallest absolute Gasteiger partial charge is 0.387 e. The molecule has 2 heterocycles. The molecule has 0 saturated heterocycles. The van der Waals surface area contributed by atoms with E-state index in [1.54, 1.807) is 13.8 Å². The van der Waals surface area contributed by atoms with Gasteiger partial charge in [0.25, 0.3) is 5.91 Å². The maximum atomic E-state index is 14.8. The van der Waals surface area contributed by atoms with E-state index in [-0.39, 0.29) is 34.3 Å². The molecule has 1 unspecified atom stereocenters. The summed E-state index contributed by atoms with van der Waals surface area (Å²) >= 11 is 0. The number of aromatic nitrogens is 1. The van der Waals surface area contributed by atoms with Crippen molar-refractivity contribution in [3.05, 3.63) is 53.1 Å². The van der Waals surface area contributed by atoms with Crippen molar-refractivity contribution in [2.24, 2.45) is 10.7 Å². The number of carbonyl (C=O) groups excluding carboxylic acids is 1. The number of alkyl halides is 2. The number of nitrogens with one attached hydrogen (secondary N) is 1. The number of ether oxygens (including phenoxy) is 1. The SMILES string of the molecule is Cc1cc(OC(F)F)cnc1C(=O)Nc1ccc(F)c(C2(C)CS(O)(O)C(C)(C)C(N)=N2)c1. The molecule has 0 radical (unpaired) electrons. The molecular formula is C21H25F3N4O4S. The van der Waals surface area contributed by atoms with E-state index in [1.807, 2.05) is 0 Å². The fourth-order valence-corrected chi connectivity index (χ4v) is 5.22. The van der Waals surface area contributed by atoms with E-state index in [2.05, 4.69) is 20.0 Å². The van der Waals surface area contributed by atoms with Crippen molar-refractivity contribution in [2.75, 3.05) is 11.1 Å². The molecule has 180 valence electrons. The normalized spacial score (nSPS) is 22.4. The van der Waals surface area contributed by atoms with Crippen molar-refractivity contribution >= 4 is 28.0 Å². The van der Waals surface area contributed by atoms with E-state index in [0.717, 1.165) is 12.3 Å². The van der Waals surface area contributed by atoms with Gasteiger partial charge in [0.05, 0.1) is 11.9 Å². The van der Waals surface area contributed by atoms with E-state index in [0.29, 0.717) is 5.56 Å². The average Bonchev–Trinajstić information content (AvgIpc) is 2.67. The quantitative estimate of drug-likeness (QED) is 0.492. The summed E-state index contributed by atoms with van der Waals surface area (Å²) < 4.78 is 63.9. The van der Waals surface area contributed by atoms with Crippen LogP contribution in [0.15, 0.2) is 35.5 Å². The Balaban J connectivity index is 1.91. The third-order valence-electron chi connectivity index (χ3n) is 5.58. The Hall–Kier alpha value is -2.83. The molecule has 2 aromatic rings. The molecule has 3 rings (SSSR count). The molecule has 1 aromatic carbocycles. The van der Waals surface area contributed by atoms with Crippen LogP contribution in [0.2, 0.25) is 0 Å². The lowest BCUT2D eigenvalue weighted by Crippen LogP contribution is -2.52. The van der Waals surface area contributed by atoms with Gasteiger partial charge in [0.15, 0.2) is 0 Å². The van der Waals surface area contributed by atoms with Crippen LogP contribution in [0.25, 0.3) is 0 Å². The maximum Gasteiger partial charge on any atom is 0.387 e. The highest BCUT2D eigenvalue weighted by Gasteiger charge is 2.49. The van der Waals surface area contributed by atoms with Gasteiger partial charge in [-0.05, 0) is 57.5 Å². The van der Waals surface area contributed by atoms with E-state index in [9.17, 15) is 27.1 Å². The summed E-state index contributed by atoms with van der Waals surface area (Å²) in [5.41, 5.74) is 5.08. The van der Waals surface area contributed by atoms with Crippen LogP contribution in [0, 0.1) is 12.7 Å². The van der Waals surface area contributed by atoms with Crippen LogP contribution in [0.1, 0.15) is 42.4 Å². The Bertz CT molecular complexity index is 1130. The number of hydrogen-bond acceptors (Lipinski definition) is 7. The van der Waals surface area contributed by atoms with E-state index in [4.69, 9.17) is 5.73 Å². The molecule has 0 aliphatic carbocycles. The molecule has 0 bridgehead atoms. The summed E-state index contributed by atoms with van der Waals surface area (Å²) in [6.07, 6.45) is 0.997. The fraction of sp³-hybridized carbons (Fsp3) is 0.381. The number of benzene rings is 1. The van der Waals surface area contributed by atoms with Crippen molar-refractivity contribution in [1.29, 1.82) is 0 Å². The highest BCUT2D eigenvalue weighted by molar-refractivity contribution is 8.26. The first-order valence-electron chi connectivity index (χ1n) is 9.80. The Labute approximate surface area is 190 Å². The molecule has 33 heavy (non-hydrogen) atoms. The zero-order valence-electron chi connectivity index (χ0n) is 18.4. The topological polar surface area (TPSA) is 130 Å². The molecule has 1 amide bonds. The van der Waals surface area contributed by atoms with Gasteiger partial charge >= 0.3 is 6.61 Å². The van der Waals surface area contributed by atoms with Gasteiger partial charge in [-0.1, -0.05) is 0 Å². The molecule has 1 aromatic heterocycles. The second-order valence-corrected chi connectivity index (χ2v) is 11.1. The van der Waals surface area contributed by atoms with Crippen molar-refractivity contribution in [3.63, 3.8) is 0 Å². The van der Waals surface area contributed by atoms with Gasteiger partial charge in [0, 0.05) is 11.3 Å². The first-order valence-corrected chi connectivity index (χ1v) is 11.5. The predicted molar refractivity (Wildman–Crippen MR) is 121 cm³/mol. The Kier molecular flexibility index (Phi) is 6.39. The number of aryl methyl sites for hydroxylation is 1. The first kappa shape index (κ1) is 24.8. The predicted octanol–water partition coefficient (Wildman–Crippen LogP) is 4.50. The lowest BCUT2D eigenvalue weighted by molar-refractivity contribution is -0.0501. The molecular weight excluding hydrogens is 461 g/mol. The zero-order valence-corrected chi connectivity index (χ0v) is 19.2. The van der Waals surface area contributed by atoms with Crippen molar-refractivity contribution in [3.8, 4) is 5.75 Å². The van der Waals surface area contributed by atoms with Gasteiger partial charge in [-0.25, -0.2) is 9.37 Å². The Morgan fingerprint density at radius 3 is 2.52 bits per heavy atom. The molecule has 0 spiro atoms. The number of amides is 1. The van der Waals surface area contributed by atoms with Crippen LogP contribution in [0.3, 0.4) is 0 Å². The summed E-state index contributed by atoms with van der Waals surface area (Å²) in [5.74, 6) is -1.78. The highest BCUT2D eigenvalue weighted by atomic mass is 32.3. The summed E-state index contributed by atoms with van der Waals surface area (Å²) in [6.45, 7) is 3.12. The number of aliphatic imine (C=N–C) groups is 1. The minimum atomic E-state index is -3.27. The van der Waals surface area contributed by atoms with E-state index < -0.39 is 39.2 Å². The second-order valence-electron chi connectivity index (χ2n) is 8.46. The molecule has 1 aliphatic rings. The highest BCUT2D eigenvalue weighted by Crippen LogP contribution is 2.59. The second kappa shape index (κ2) is 8.50. The van der Waals surface area contributed by atoms with Gasteiger partial charge in [0.1, 0.15) is 33.4 Å². The van der Waals surface area contributed by atoms with Crippen LogP contribution < -0.4 is 15.8 Å². The molecule has 1 aliphatic heterocycles. The Morgan fingerprint density at radius 2 is 1.94 bits per heavy atom. The lowest BCUT2D eigenvalue weighted by Gasteiger charge is -2.53. The van der Waals surface area contributed by atoms with Crippen LogP contribution in [0.4, 0.5) is 18.9 Å². The van der Waals surface area contributed by atoms with Crippen LogP contribution in [-0.4, -0.2) is 42.9 Å². The summed E-state index contributed by atoms with van der Waals surface area (Å²) in [4.78, 5) is 20.9. The number of halogens is 3. The number of amidine groups is 1. The van der Waals surface area contributed by atoms with Crippen LogP contribution in [0.5, 0.6) is 5.75 Å². The number of pyridine rings is 1. The monoisotopic (exact) mass is 486 g/mol. The van der Waals surface area contributed by atoms with Gasteiger partial charge in [-0.2, -0.15) is 19.4 Å².